The maximum Gasteiger partial charge on any atom is 0.416 e. The van der Waals surface area contributed by atoms with E-state index >= 15 is 0 Å². The number of halogens is 6. The normalized spacial score (nSPS) is 13.7. The summed E-state index contributed by atoms with van der Waals surface area (Å²) in [4.78, 5) is 48.7. The molecule has 0 bridgehead atoms. The monoisotopic (exact) mass is 487 g/mol. The van der Waals surface area contributed by atoms with Gasteiger partial charge in [0.2, 0.25) is 0 Å². The van der Waals surface area contributed by atoms with Crippen molar-refractivity contribution in [2.75, 3.05) is 21.3 Å². The van der Waals surface area contributed by atoms with Crippen molar-refractivity contribution in [1.29, 1.82) is 0 Å². The minimum Gasteiger partial charge on any atom is -0.468 e. The minimum atomic E-state index is -5.22. The lowest BCUT2D eigenvalue weighted by molar-refractivity contribution is -0.163. The third-order valence-electron chi connectivity index (χ3n) is 4.55. The van der Waals surface area contributed by atoms with E-state index in [9.17, 15) is 45.5 Å². The second-order valence-corrected chi connectivity index (χ2v) is 6.65. The molecule has 0 radical (unpaired) electrons. The second kappa shape index (κ2) is 10.5. The largest absolute Gasteiger partial charge is 0.468 e. The van der Waals surface area contributed by atoms with Gasteiger partial charge < -0.3 is 19.5 Å². The molecule has 1 aromatic carbocycles. The lowest BCUT2D eigenvalue weighted by atomic mass is 9.87. The highest BCUT2D eigenvalue weighted by Gasteiger charge is 2.43. The highest BCUT2D eigenvalue weighted by atomic mass is 19.4. The molecule has 184 valence electrons. The summed E-state index contributed by atoms with van der Waals surface area (Å²) in [6.45, 7) is 1.12. The predicted molar refractivity (Wildman–Crippen MR) is 96.4 cm³/mol. The standard InChI is InChI=1S/C19H19F6NO7/c1-8(12(15(28)31-2)16(29)32-3)13(17(30)33-4)26-14(27)9-5-10(18(20,21)22)7-11(6-9)19(23,24)25/h5-8,12-13H,1-4H3,(H,26,27)/t8-,13+/m1/s1. The van der Waals surface area contributed by atoms with Crippen LogP contribution < -0.4 is 5.32 Å². The Hall–Kier alpha value is -3.32. The molecule has 0 saturated carbocycles. The Morgan fingerprint density at radius 2 is 1.15 bits per heavy atom. The molecule has 0 fully saturated rings. The Bertz CT molecular complexity index is 865. The lowest BCUT2D eigenvalue weighted by Crippen LogP contribution is -2.51. The number of amides is 1. The van der Waals surface area contributed by atoms with Gasteiger partial charge in [-0.1, -0.05) is 6.92 Å². The average Bonchev–Trinajstić information content (AvgIpc) is 2.74. The number of ether oxygens (including phenoxy) is 3. The molecule has 0 aliphatic heterocycles. The number of carbonyl (C=O) groups excluding carboxylic acids is 4. The first-order chi connectivity index (χ1) is 15.1. The Labute approximate surface area is 183 Å². The van der Waals surface area contributed by atoms with Gasteiger partial charge in [-0.2, -0.15) is 26.3 Å². The molecule has 14 heteroatoms. The molecule has 33 heavy (non-hydrogen) atoms. The molecule has 1 amide bonds. The number of carbonyl (C=O) groups is 4. The molecule has 0 unspecified atom stereocenters. The van der Waals surface area contributed by atoms with Gasteiger partial charge in [0.05, 0.1) is 32.5 Å². The Morgan fingerprint density at radius 3 is 1.48 bits per heavy atom. The molecule has 0 aliphatic rings. The van der Waals surface area contributed by atoms with Crippen LogP contribution in [0.4, 0.5) is 26.3 Å². The molecule has 0 spiro atoms. The fraction of sp³-hybridized carbons (Fsp3) is 0.474. The fourth-order valence-electron chi connectivity index (χ4n) is 2.81. The smallest absolute Gasteiger partial charge is 0.416 e. The molecule has 2 atom stereocenters. The molecular formula is C19H19F6NO7. The van der Waals surface area contributed by atoms with Gasteiger partial charge in [0.25, 0.3) is 5.91 Å². The van der Waals surface area contributed by atoms with E-state index in [0.29, 0.717) is 0 Å². The highest BCUT2D eigenvalue weighted by molar-refractivity contribution is 5.99. The van der Waals surface area contributed by atoms with Crippen molar-refractivity contribution in [2.45, 2.75) is 25.3 Å². The average molecular weight is 487 g/mol. The Morgan fingerprint density at radius 1 is 0.758 bits per heavy atom. The lowest BCUT2D eigenvalue weighted by Gasteiger charge is -2.27. The van der Waals surface area contributed by atoms with E-state index in [-0.39, 0.29) is 18.2 Å². The number of benzene rings is 1. The van der Waals surface area contributed by atoms with Crippen molar-refractivity contribution in [3.63, 3.8) is 0 Å². The van der Waals surface area contributed by atoms with E-state index in [1.54, 1.807) is 0 Å². The van der Waals surface area contributed by atoms with Gasteiger partial charge in [-0.3, -0.25) is 14.4 Å². The Balaban J connectivity index is 3.47. The summed E-state index contributed by atoms with van der Waals surface area (Å²) >= 11 is 0. The van der Waals surface area contributed by atoms with Crippen molar-refractivity contribution in [3.05, 3.63) is 34.9 Å². The van der Waals surface area contributed by atoms with E-state index in [2.05, 4.69) is 14.2 Å². The van der Waals surface area contributed by atoms with Gasteiger partial charge in [0, 0.05) is 11.5 Å². The zero-order valence-corrected chi connectivity index (χ0v) is 17.6. The van der Waals surface area contributed by atoms with E-state index in [4.69, 9.17) is 0 Å². The molecule has 0 aliphatic carbocycles. The minimum absolute atomic E-state index is 0.154. The molecule has 1 rings (SSSR count). The fourth-order valence-corrected chi connectivity index (χ4v) is 2.81. The molecule has 0 heterocycles. The van der Waals surface area contributed by atoms with Crippen LogP contribution in [0.1, 0.15) is 28.4 Å². The molecule has 1 N–H and O–H groups in total. The number of hydrogen-bond donors (Lipinski definition) is 1. The van der Waals surface area contributed by atoms with Crippen molar-refractivity contribution < 1.29 is 59.7 Å². The van der Waals surface area contributed by atoms with Crippen LogP contribution in [-0.4, -0.2) is 51.2 Å². The van der Waals surface area contributed by atoms with E-state index < -0.39 is 70.7 Å². The molecular weight excluding hydrogens is 468 g/mol. The quantitative estimate of drug-likeness (QED) is 0.273. The van der Waals surface area contributed by atoms with Gasteiger partial charge >= 0.3 is 30.3 Å². The summed E-state index contributed by atoms with van der Waals surface area (Å²) in [5, 5.41) is 1.92. The number of rotatable bonds is 7. The molecule has 1 aromatic rings. The van der Waals surface area contributed by atoms with Crippen LogP contribution in [-0.2, 0) is 40.9 Å². The maximum atomic E-state index is 13.1. The van der Waals surface area contributed by atoms with E-state index in [1.807, 2.05) is 5.32 Å². The van der Waals surface area contributed by atoms with Crippen LogP contribution in [0.25, 0.3) is 0 Å². The number of hydrogen-bond acceptors (Lipinski definition) is 7. The zero-order valence-electron chi connectivity index (χ0n) is 17.6. The molecule has 0 saturated heterocycles. The number of alkyl halides is 6. The molecule has 8 nitrogen and oxygen atoms in total. The highest BCUT2D eigenvalue weighted by Crippen LogP contribution is 2.36. The third kappa shape index (κ3) is 6.83. The first kappa shape index (κ1) is 27.7. The number of nitrogens with one attached hydrogen (secondary N) is 1. The van der Waals surface area contributed by atoms with E-state index in [1.165, 1.54) is 0 Å². The van der Waals surface area contributed by atoms with Crippen LogP contribution in [0, 0.1) is 11.8 Å². The second-order valence-electron chi connectivity index (χ2n) is 6.65. The topological polar surface area (TPSA) is 108 Å². The van der Waals surface area contributed by atoms with Gasteiger partial charge in [-0.15, -0.1) is 0 Å². The van der Waals surface area contributed by atoms with Crippen LogP contribution >= 0.6 is 0 Å². The number of esters is 3. The van der Waals surface area contributed by atoms with Crippen LogP contribution in [0.2, 0.25) is 0 Å². The summed E-state index contributed by atoms with van der Waals surface area (Å²) < 4.78 is 91.8. The maximum absolute atomic E-state index is 13.1. The first-order valence-corrected chi connectivity index (χ1v) is 8.92. The summed E-state index contributed by atoms with van der Waals surface area (Å²) in [5.74, 6) is -8.32. The van der Waals surface area contributed by atoms with Crippen LogP contribution in [0.15, 0.2) is 18.2 Å². The summed E-state index contributed by atoms with van der Waals surface area (Å²) in [6, 6.07) is -1.72. The SMILES string of the molecule is COC(=O)C(C(=O)OC)[C@@H](C)[C@H](NC(=O)c1cc(C(F)(F)F)cc(C(F)(F)F)c1)C(=O)OC. The van der Waals surface area contributed by atoms with Gasteiger partial charge in [-0.25, -0.2) is 4.79 Å². The van der Waals surface area contributed by atoms with Crippen LogP contribution in [0.5, 0.6) is 0 Å². The summed E-state index contributed by atoms with van der Waals surface area (Å²) in [7, 11) is 2.70. The van der Waals surface area contributed by atoms with Crippen LogP contribution in [0.3, 0.4) is 0 Å². The zero-order chi connectivity index (χ0) is 25.7. The van der Waals surface area contributed by atoms with Gasteiger partial charge in [0.1, 0.15) is 6.04 Å². The predicted octanol–water partition coefficient (Wildman–Crippen LogP) is 2.59. The summed E-state index contributed by atoms with van der Waals surface area (Å²) in [5.41, 5.74) is -4.59. The number of methoxy groups -OCH3 is 3. The summed E-state index contributed by atoms with van der Waals surface area (Å²) in [6.07, 6.45) is -10.4. The third-order valence-corrected chi connectivity index (χ3v) is 4.55. The van der Waals surface area contributed by atoms with Crippen molar-refractivity contribution >= 4 is 23.8 Å². The first-order valence-electron chi connectivity index (χ1n) is 8.92. The van der Waals surface area contributed by atoms with E-state index in [0.717, 1.165) is 28.3 Å². The Kier molecular flexibility index (Phi) is 8.84. The van der Waals surface area contributed by atoms with Gasteiger partial charge in [-0.05, 0) is 18.2 Å². The van der Waals surface area contributed by atoms with Crippen molar-refractivity contribution in [3.8, 4) is 0 Å². The van der Waals surface area contributed by atoms with Crippen molar-refractivity contribution in [1.82, 2.24) is 5.32 Å². The molecule has 0 aromatic heterocycles. The van der Waals surface area contributed by atoms with Gasteiger partial charge in [0.15, 0.2) is 5.92 Å². The van der Waals surface area contributed by atoms with Crippen molar-refractivity contribution in [2.24, 2.45) is 11.8 Å².